The normalized spacial score (nSPS) is 10.4. The molecular formula is C15H19N3O2S. The van der Waals surface area contributed by atoms with Gasteiger partial charge in [-0.15, -0.1) is 0 Å². The SMILES string of the molecule is CCOC(=O)c1c(N)nsc1NCCc1cccc(C)c1. The molecule has 0 aliphatic heterocycles. The number of rotatable bonds is 6. The van der Waals surface area contributed by atoms with E-state index in [4.69, 9.17) is 10.5 Å². The van der Waals surface area contributed by atoms with Gasteiger partial charge in [-0.25, -0.2) is 4.79 Å². The number of anilines is 2. The number of esters is 1. The van der Waals surface area contributed by atoms with E-state index in [0.29, 0.717) is 23.7 Å². The summed E-state index contributed by atoms with van der Waals surface area (Å²) in [5, 5.41) is 3.88. The number of hydrogen-bond acceptors (Lipinski definition) is 6. The lowest BCUT2D eigenvalue weighted by Crippen LogP contribution is -2.11. The molecule has 2 rings (SSSR count). The Hall–Kier alpha value is -2.08. The summed E-state index contributed by atoms with van der Waals surface area (Å²) in [5.41, 5.74) is 8.56. The zero-order valence-electron chi connectivity index (χ0n) is 12.2. The molecule has 1 aromatic carbocycles. The van der Waals surface area contributed by atoms with E-state index in [2.05, 4.69) is 34.8 Å². The Morgan fingerprint density at radius 2 is 2.29 bits per heavy atom. The maximum Gasteiger partial charge on any atom is 0.344 e. The summed E-state index contributed by atoms with van der Waals surface area (Å²) in [6, 6.07) is 8.34. The number of aromatic nitrogens is 1. The van der Waals surface area contributed by atoms with Crippen molar-refractivity contribution in [3.05, 3.63) is 41.0 Å². The molecule has 2 aromatic rings. The van der Waals surface area contributed by atoms with Crippen LogP contribution in [0.15, 0.2) is 24.3 Å². The highest BCUT2D eigenvalue weighted by molar-refractivity contribution is 7.11. The summed E-state index contributed by atoms with van der Waals surface area (Å²) in [6.45, 7) is 4.85. The minimum atomic E-state index is -0.429. The standard InChI is InChI=1S/C15H19N3O2S/c1-3-20-15(19)12-13(16)18-21-14(12)17-8-7-11-6-4-5-10(2)9-11/h4-6,9,17H,3,7-8H2,1-2H3,(H2,16,18). The van der Waals surface area contributed by atoms with Gasteiger partial charge in [-0.3, -0.25) is 0 Å². The van der Waals surface area contributed by atoms with Crippen molar-refractivity contribution in [2.75, 3.05) is 24.2 Å². The van der Waals surface area contributed by atoms with Crippen molar-refractivity contribution >= 4 is 28.3 Å². The average Bonchev–Trinajstić information content (AvgIpc) is 2.80. The molecule has 3 N–H and O–H groups in total. The molecule has 0 amide bonds. The molecular weight excluding hydrogens is 286 g/mol. The Balaban J connectivity index is 1.99. The molecule has 0 fully saturated rings. The molecule has 1 heterocycles. The van der Waals surface area contributed by atoms with Gasteiger partial charge in [0.05, 0.1) is 6.61 Å². The first-order chi connectivity index (χ1) is 10.1. The Kier molecular flexibility index (Phi) is 5.16. The second-order valence-electron chi connectivity index (χ2n) is 4.66. The van der Waals surface area contributed by atoms with E-state index in [1.54, 1.807) is 6.92 Å². The second kappa shape index (κ2) is 7.08. The number of aryl methyl sites for hydroxylation is 1. The molecule has 0 saturated carbocycles. The van der Waals surface area contributed by atoms with Gasteiger partial charge in [0.25, 0.3) is 0 Å². The summed E-state index contributed by atoms with van der Waals surface area (Å²) >= 11 is 1.18. The first kappa shape index (κ1) is 15.3. The largest absolute Gasteiger partial charge is 0.462 e. The molecule has 112 valence electrons. The van der Waals surface area contributed by atoms with Crippen LogP contribution in [0.2, 0.25) is 0 Å². The van der Waals surface area contributed by atoms with E-state index in [1.165, 1.54) is 22.7 Å². The van der Waals surface area contributed by atoms with Crippen LogP contribution in [-0.2, 0) is 11.2 Å². The minimum Gasteiger partial charge on any atom is -0.462 e. The lowest BCUT2D eigenvalue weighted by Gasteiger charge is -2.07. The number of nitrogens with one attached hydrogen (secondary N) is 1. The molecule has 0 spiro atoms. The topological polar surface area (TPSA) is 77.2 Å². The highest BCUT2D eigenvalue weighted by Crippen LogP contribution is 2.27. The van der Waals surface area contributed by atoms with E-state index >= 15 is 0 Å². The van der Waals surface area contributed by atoms with Crippen LogP contribution in [0, 0.1) is 6.92 Å². The quantitative estimate of drug-likeness (QED) is 0.802. The number of nitrogen functional groups attached to an aromatic ring is 1. The smallest absolute Gasteiger partial charge is 0.344 e. The molecule has 0 atom stereocenters. The molecule has 5 nitrogen and oxygen atoms in total. The summed E-state index contributed by atoms with van der Waals surface area (Å²) in [6.07, 6.45) is 0.863. The molecule has 1 aromatic heterocycles. The summed E-state index contributed by atoms with van der Waals surface area (Å²) in [4.78, 5) is 11.8. The van der Waals surface area contributed by atoms with Gasteiger partial charge in [-0.2, -0.15) is 4.37 Å². The Morgan fingerprint density at radius 3 is 3.00 bits per heavy atom. The van der Waals surface area contributed by atoms with Gasteiger partial charge < -0.3 is 15.8 Å². The summed E-state index contributed by atoms with van der Waals surface area (Å²) in [5.74, 6) is -0.210. The van der Waals surface area contributed by atoms with E-state index in [0.717, 1.165) is 6.42 Å². The Bertz CT molecular complexity index is 625. The highest BCUT2D eigenvalue weighted by atomic mass is 32.1. The highest BCUT2D eigenvalue weighted by Gasteiger charge is 2.20. The molecule has 6 heteroatoms. The monoisotopic (exact) mass is 305 g/mol. The van der Waals surface area contributed by atoms with Crippen LogP contribution in [0.4, 0.5) is 10.8 Å². The van der Waals surface area contributed by atoms with Crippen molar-refractivity contribution in [2.24, 2.45) is 0 Å². The number of ether oxygens (including phenoxy) is 1. The fraction of sp³-hybridized carbons (Fsp3) is 0.333. The van der Waals surface area contributed by atoms with Gasteiger partial charge in [0.15, 0.2) is 5.82 Å². The van der Waals surface area contributed by atoms with Crippen molar-refractivity contribution in [1.29, 1.82) is 0 Å². The maximum absolute atomic E-state index is 11.8. The van der Waals surface area contributed by atoms with Crippen LogP contribution in [0.5, 0.6) is 0 Å². The molecule has 21 heavy (non-hydrogen) atoms. The van der Waals surface area contributed by atoms with E-state index in [-0.39, 0.29) is 5.82 Å². The van der Waals surface area contributed by atoms with E-state index in [9.17, 15) is 4.79 Å². The third-order valence-electron chi connectivity index (χ3n) is 2.98. The van der Waals surface area contributed by atoms with Crippen LogP contribution in [0.3, 0.4) is 0 Å². The van der Waals surface area contributed by atoms with Crippen LogP contribution < -0.4 is 11.1 Å². The Morgan fingerprint density at radius 1 is 1.48 bits per heavy atom. The molecule has 0 bridgehead atoms. The first-order valence-corrected chi connectivity index (χ1v) is 7.60. The van der Waals surface area contributed by atoms with Crippen LogP contribution in [-0.4, -0.2) is 23.5 Å². The average molecular weight is 305 g/mol. The van der Waals surface area contributed by atoms with Crippen molar-refractivity contribution < 1.29 is 9.53 Å². The molecule has 0 aliphatic carbocycles. The maximum atomic E-state index is 11.8. The van der Waals surface area contributed by atoms with Crippen molar-refractivity contribution in [3.63, 3.8) is 0 Å². The minimum absolute atomic E-state index is 0.219. The molecule has 0 aliphatic rings. The van der Waals surface area contributed by atoms with Gasteiger partial charge in [0.1, 0.15) is 10.6 Å². The number of carbonyl (C=O) groups excluding carboxylic acids is 1. The number of benzene rings is 1. The molecule has 0 radical (unpaired) electrons. The third-order valence-corrected chi connectivity index (χ3v) is 3.80. The first-order valence-electron chi connectivity index (χ1n) is 6.83. The number of nitrogens with zero attached hydrogens (tertiary/aromatic N) is 1. The number of hydrogen-bond donors (Lipinski definition) is 2. The van der Waals surface area contributed by atoms with Gasteiger partial charge in [-0.05, 0) is 37.4 Å². The second-order valence-corrected chi connectivity index (χ2v) is 5.43. The van der Waals surface area contributed by atoms with Gasteiger partial charge in [-0.1, -0.05) is 29.8 Å². The van der Waals surface area contributed by atoms with Crippen LogP contribution in [0.1, 0.15) is 28.4 Å². The zero-order valence-corrected chi connectivity index (χ0v) is 13.0. The number of carbonyl (C=O) groups is 1. The van der Waals surface area contributed by atoms with Crippen molar-refractivity contribution in [3.8, 4) is 0 Å². The van der Waals surface area contributed by atoms with Gasteiger partial charge in [0, 0.05) is 6.54 Å². The lowest BCUT2D eigenvalue weighted by atomic mass is 10.1. The summed E-state index contributed by atoms with van der Waals surface area (Å²) in [7, 11) is 0. The van der Waals surface area contributed by atoms with E-state index < -0.39 is 5.97 Å². The van der Waals surface area contributed by atoms with Crippen LogP contribution in [0.25, 0.3) is 0 Å². The third kappa shape index (κ3) is 3.95. The number of nitrogens with two attached hydrogens (primary N) is 1. The predicted molar refractivity (Wildman–Crippen MR) is 85.9 cm³/mol. The summed E-state index contributed by atoms with van der Waals surface area (Å²) < 4.78 is 9.01. The van der Waals surface area contributed by atoms with Gasteiger partial charge >= 0.3 is 5.97 Å². The van der Waals surface area contributed by atoms with Gasteiger partial charge in [0.2, 0.25) is 0 Å². The van der Waals surface area contributed by atoms with E-state index in [1.807, 2.05) is 6.07 Å². The van der Waals surface area contributed by atoms with Crippen molar-refractivity contribution in [2.45, 2.75) is 20.3 Å². The van der Waals surface area contributed by atoms with Crippen molar-refractivity contribution in [1.82, 2.24) is 4.37 Å². The zero-order chi connectivity index (χ0) is 15.2. The predicted octanol–water partition coefficient (Wildman–Crippen LogP) is 2.87. The lowest BCUT2D eigenvalue weighted by molar-refractivity contribution is 0.0529. The van der Waals surface area contributed by atoms with Crippen LogP contribution >= 0.6 is 11.5 Å². The molecule has 0 unspecified atom stereocenters. The molecule has 0 saturated heterocycles. The Labute approximate surface area is 128 Å². The fourth-order valence-corrected chi connectivity index (χ4v) is 2.74. The fourth-order valence-electron chi connectivity index (χ4n) is 2.01.